The van der Waals surface area contributed by atoms with Crippen molar-refractivity contribution >= 4 is 33.8 Å². The van der Waals surface area contributed by atoms with Gasteiger partial charge in [-0.1, -0.05) is 19.3 Å². The van der Waals surface area contributed by atoms with Crippen molar-refractivity contribution in [1.82, 2.24) is 9.55 Å². The monoisotopic (exact) mass is 294 g/mol. The van der Waals surface area contributed by atoms with E-state index < -0.39 is 0 Å². The molecule has 0 aromatic carbocycles. The predicted molar refractivity (Wildman–Crippen MR) is 82.9 cm³/mol. The highest BCUT2D eigenvalue weighted by Crippen LogP contribution is 2.30. The molecule has 19 heavy (non-hydrogen) atoms. The van der Waals surface area contributed by atoms with E-state index in [1.165, 1.54) is 24.1 Å². The zero-order valence-corrected chi connectivity index (χ0v) is 12.9. The maximum atomic E-state index is 12.8. The highest BCUT2D eigenvalue weighted by Gasteiger charge is 2.20. The lowest BCUT2D eigenvalue weighted by Gasteiger charge is -2.23. The lowest BCUT2D eigenvalue weighted by molar-refractivity contribution is 0.342. The summed E-state index contributed by atoms with van der Waals surface area (Å²) < 4.78 is 2.42. The van der Waals surface area contributed by atoms with Crippen LogP contribution in [0, 0.1) is 18.6 Å². The molecule has 0 bridgehead atoms. The molecule has 2 aromatic heterocycles. The summed E-state index contributed by atoms with van der Waals surface area (Å²) in [5, 5.41) is 0.835. The first-order chi connectivity index (χ1) is 9.09. The summed E-state index contributed by atoms with van der Waals surface area (Å²) in [6.45, 7) is 4.08. The largest absolute Gasteiger partial charge is 0.323 e. The van der Waals surface area contributed by atoms with Gasteiger partial charge in [0.1, 0.15) is 4.83 Å². The van der Waals surface area contributed by atoms with Crippen LogP contribution in [0.15, 0.2) is 4.79 Å². The lowest BCUT2D eigenvalue weighted by Crippen LogP contribution is -2.27. The number of thiophene rings is 1. The highest BCUT2D eigenvalue weighted by molar-refractivity contribution is 7.71. The molecule has 0 aliphatic heterocycles. The van der Waals surface area contributed by atoms with Crippen LogP contribution in [0.2, 0.25) is 0 Å². The van der Waals surface area contributed by atoms with E-state index in [9.17, 15) is 4.79 Å². The second-order valence-electron chi connectivity index (χ2n) is 5.38. The third-order valence-electron chi connectivity index (χ3n) is 4.20. The van der Waals surface area contributed by atoms with Gasteiger partial charge in [-0.3, -0.25) is 9.36 Å². The quantitative estimate of drug-likeness (QED) is 0.799. The normalized spacial score (nSPS) is 17.2. The Kier molecular flexibility index (Phi) is 3.35. The molecule has 2 aromatic rings. The van der Waals surface area contributed by atoms with Crippen LogP contribution in [-0.4, -0.2) is 9.55 Å². The summed E-state index contributed by atoms with van der Waals surface area (Å²) in [4.78, 5) is 18.1. The summed E-state index contributed by atoms with van der Waals surface area (Å²) in [6.07, 6.45) is 5.83. The van der Waals surface area contributed by atoms with Crippen LogP contribution in [0.3, 0.4) is 0 Å². The molecule has 1 saturated carbocycles. The molecule has 102 valence electrons. The third kappa shape index (κ3) is 2.09. The van der Waals surface area contributed by atoms with E-state index in [4.69, 9.17) is 12.2 Å². The second-order valence-corrected chi connectivity index (χ2v) is 7.00. The minimum atomic E-state index is 0.104. The van der Waals surface area contributed by atoms with E-state index in [1.54, 1.807) is 11.3 Å². The molecule has 5 heteroatoms. The van der Waals surface area contributed by atoms with Gasteiger partial charge < -0.3 is 4.98 Å². The fraction of sp³-hybridized carbons (Fsp3) is 0.571. The van der Waals surface area contributed by atoms with Gasteiger partial charge in [0.15, 0.2) is 4.77 Å². The molecule has 0 radical (unpaired) electrons. The van der Waals surface area contributed by atoms with Crippen LogP contribution >= 0.6 is 23.6 Å². The van der Waals surface area contributed by atoms with Crippen molar-refractivity contribution in [3.63, 3.8) is 0 Å². The van der Waals surface area contributed by atoms with Crippen LogP contribution in [0.5, 0.6) is 0 Å². The number of nitrogens with one attached hydrogen (secondary N) is 1. The van der Waals surface area contributed by atoms with Gasteiger partial charge in [0.05, 0.1) is 5.39 Å². The van der Waals surface area contributed by atoms with Gasteiger partial charge in [0.25, 0.3) is 5.56 Å². The van der Waals surface area contributed by atoms with Gasteiger partial charge in [0, 0.05) is 10.9 Å². The van der Waals surface area contributed by atoms with Crippen LogP contribution in [0.25, 0.3) is 10.2 Å². The van der Waals surface area contributed by atoms with Crippen molar-refractivity contribution in [3.8, 4) is 0 Å². The lowest BCUT2D eigenvalue weighted by atomic mass is 9.95. The zero-order valence-electron chi connectivity index (χ0n) is 11.3. The number of aryl methyl sites for hydroxylation is 2. The Hall–Kier alpha value is -0.940. The first-order valence-corrected chi connectivity index (χ1v) is 8.06. The van der Waals surface area contributed by atoms with Gasteiger partial charge in [0.2, 0.25) is 0 Å². The van der Waals surface area contributed by atoms with Gasteiger partial charge in [-0.05, 0) is 44.5 Å². The maximum Gasteiger partial charge on any atom is 0.263 e. The molecular weight excluding hydrogens is 276 g/mol. The van der Waals surface area contributed by atoms with Gasteiger partial charge in [-0.2, -0.15) is 0 Å². The summed E-state index contributed by atoms with van der Waals surface area (Å²) in [5.74, 6) is 0. The smallest absolute Gasteiger partial charge is 0.263 e. The van der Waals surface area contributed by atoms with E-state index in [-0.39, 0.29) is 11.6 Å². The van der Waals surface area contributed by atoms with Crippen molar-refractivity contribution in [1.29, 1.82) is 0 Å². The molecule has 2 heterocycles. The van der Waals surface area contributed by atoms with Crippen molar-refractivity contribution in [2.75, 3.05) is 0 Å². The van der Waals surface area contributed by atoms with Crippen LogP contribution < -0.4 is 5.56 Å². The molecule has 1 fully saturated rings. The van der Waals surface area contributed by atoms with Crippen molar-refractivity contribution in [2.24, 2.45) is 0 Å². The van der Waals surface area contributed by atoms with Gasteiger partial charge >= 0.3 is 0 Å². The molecule has 0 spiro atoms. The number of aromatic nitrogens is 2. The Morgan fingerprint density at radius 2 is 1.95 bits per heavy atom. The molecule has 1 aliphatic rings. The third-order valence-corrected chi connectivity index (χ3v) is 5.62. The topological polar surface area (TPSA) is 37.8 Å². The summed E-state index contributed by atoms with van der Waals surface area (Å²) in [5.41, 5.74) is 1.20. The standard InChI is InChI=1S/C14H18N2OS2/c1-8-9(2)19-12-11(8)13(17)16(14(18)15-12)10-6-4-3-5-7-10/h10H,3-7H2,1-2H3,(H,15,18). The number of hydrogen-bond acceptors (Lipinski definition) is 3. The molecular formula is C14H18N2OS2. The van der Waals surface area contributed by atoms with Crippen LogP contribution in [0.4, 0.5) is 0 Å². The second kappa shape index (κ2) is 4.87. The van der Waals surface area contributed by atoms with Crippen LogP contribution in [0.1, 0.15) is 48.6 Å². The number of rotatable bonds is 1. The fourth-order valence-corrected chi connectivity index (χ4v) is 4.46. The highest BCUT2D eigenvalue weighted by atomic mass is 32.1. The minimum Gasteiger partial charge on any atom is -0.323 e. The van der Waals surface area contributed by atoms with Crippen molar-refractivity contribution in [2.45, 2.75) is 52.0 Å². The molecule has 3 rings (SSSR count). The molecule has 1 N–H and O–H groups in total. The molecule has 1 aliphatic carbocycles. The summed E-state index contributed by atoms with van der Waals surface area (Å²) in [7, 11) is 0. The number of aromatic amines is 1. The van der Waals surface area contributed by atoms with Gasteiger partial charge in [-0.25, -0.2) is 0 Å². The maximum absolute atomic E-state index is 12.8. The SMILES string of the molecule is Cc1sc2[nH]c(=S)n(C3CCCCC3)c(=O)c2c1C. The Morgan fingerprint density at radius 1 is 1.26 bits per heavy atom. The first kappa shape index (κ1) is 13.1. The predicted octanol–water partition coefficient (Wildman–Crippen LogP) is 4.24. The molecule has 3 nitrogen and oxygen atoms in total. The number of fused-ring (bicyclic) bond motifs is 1. The Labute approximate surface area is 121 Å². The Morgan fingerprint density at radius 3 is 2.63 bits per heavy atom. The minimum absolute atomic E-state index is 0.104. The molecule has 0 unspecified atom stereocenters. The average molecular weight is 294 g/mol. The van der Waals surface area contributed by atoms with Crippen LogP contribution in [-0.2, 0) is 0 Å². The number of nitrogens with zero attached hydrogens (tertiary/aromatic N) is 1. The number of hydrogen-bond donors (Lipinski definition) is 1. The molecule has 0 atom stereocenters. The average Bonchev–Trinajstić information content (AvgIpc) is 2.66. The van der Waals surface area contributed by atoms with E-state index in [2.05, 4.69) is 11.9 Å². The van der Waals surface area contributed by atoms with Crippen molar-refractivity contribution < 1.29 is 0 Å². The fourth-order valence-electron chi connectivity index (χ4n) is 3.01. The van der Waals surface area contributed by atoms with E-state index in [0.29, 0.717) is 4.77 Å². The van der Waals surface area contributed by atoms with E-state index in [1.807, 2.05) is 11.5 Å². The molecule has 0 saturated heterocycles. The van der Waals surface area contributed by atoms with Gasteiger partial charge in [-0.15, -0.1) is 11.3 Å². The summed E-state index contributed by atoms with van der Waals surface area (Å²) >= 11 is 7.04. The van der Waals surface area contributed by atoms with Crippen molar-refractivity contribution in [3.05, 3.63) is 25.6 Å². The zero-order chi connectivity index (χ0) is 13.6. The molecule has 0 amide bonds. The Balaban J connectivity index is 2.27. The summed E-state index contributed by atoms with van der Waals surface area (Å²) in [6, 6.07) is 0.286. The Bertz CT molecular complexity index is 732. The number of H-pyrrole nitrogens is 1. The van der Waals surface area contributed by atoms with E-state index >= 15 is 0 Å². The van der Waals surface area contributed by atoms with E-state index in [0.717, 1.165) is 28.6 Å². The first-order valence-electron chi connectivity index (χ1n) is 6.84.